The first kappa shape index (κ1) is 14.5. The van der Waals surface area contributed by atoms with E-state index in [0.717, 1.165) is 5.69 Å². The Labute approximate surface area is 132 Å². The number of nitrogens with zero attached hydrogens (tertiary/aromatic N) is 2. The zero-order chi connectivity index (χ0) is 15.7. The molecule has 2 aromatic rings. The van der Waals surface area contributed by atoms with Gasteiger partial charge in [-0.25, -0.2) is 4.79 Å². The van der Waals surface area contributed by atoms with Crippen LogP contribution in [0.15, 0.2) is 36.5 Å². The molecule has 1 N–H and O–H groups in total. The fraction of sp³-hybridized carbons (Fsp3) is 0.188. The van der Waals surface area contributed by atoms with E-state index in [-0.39, 0.29) is 18.0 Å². The summed E-state index contributed by atoms with van der Waals surface area (Å²) in [5, 5.41) is 9.77. The number of carboxylic acid groups (broad SMARTS) is 1. The summed E-state index contributed by atoms with van der Waals surface area (Å²) in [5.74, 6) is -1.16. The highest BCUT2D eigenvalue weighted by Gasteiger charge is 2.26. The van der Waals surface area contributed by atoms with E-state index in [2.05, 4.69) is 4.98 Å². The van der Waals surface area contributed by atoms with E-state index in [4.69, 9.17) is 11.6 Å². The van der Waals surface area contributed by atoms with Gasteiger partial charge in [0.2, 0.25) is 0 Å². The van der Waals surface area contributed by atoms with Crippen molar-refractivity contribution >= 4 is 23.5 Å². The third kappa shape index (κ3) is 2.67. The molecule has 0 saturated carbocycles. The van der Waals surface area contributed by atoms with Crippen LogP contribution in [0.3, 0.4) is 0 Å². The molecule has 6 heteroatoms. The summed E-state index contributed by atoms with van der Waals surface area (Å²) in [7, 11) is 0. The molecule has 1 aromatic heterocycles. The lowest BCUT2D eigenvalue weighted by Gasteiger charge is -2.29. The predicted octanol–water partition coefficient (Wildman–Crippen LogP) is 2.63. The van der Waals surface area contributed by atoms with Gasteiger partial charge in [0.1, 0.15) is 0 Å². The van der Waals surface area contributed by atoms with Gasteiger partial charge < -0.3 is 10.0 Å². The smallest absolute Gasteiger partial charge is 0.336 e. The maximum Gasteiger partial charge on any atom is 0.336 e. The summed E-state index contributed by atoms with van der Waals surface area (Å²) in [6.07, 6.45) is 2.04. The maximum atomic E-state index is 12.5. The molecule has 0 fully saturated rings. The van der Waals surface area contributed by atoms with Gasteiger partial charge >= 0.3 is 5.97 Å². The number of rotatable bonds is 2. The van der Waals surface area contributed by atoms with Crippen molar-refractivity contribution in [3.05, 3.63) is 63.9 Å². The van der Waals surface area contributed by atoms with E-state index in [1.54, 1.807) is 29.2 Å². The van der Waals surface area contributed by atoms with E-state index >= 15 is 0 Å². The fourth-order valence-corrected chi connectivity index (χ4v) is 2.81. The minimum absolute atomic E-state index is 0.159. The zero-order valence-electron chi connectivity index (χ0n) is 11.6. The van der Waals surface area contributed by atoms with Gasteiger partial charge in [-0.15, -0.1) is 0 Å². The number of carbonyl (C=O) groups is 2. The molecule has 22 heavy (non-hydrogen) atoms. The number of hydrogen-bond acceptors (Lipinski definition) is 3. The lowest BCUT2D eigenvalue weighted by molar-refractivity contribution is 0.0676. The molecular formula is C16H13ClN2O3. The molecule has 0 radical (unpaired) electrons. The number of pyridine rings is 1. The molecule has 1 aliphatic heterocycles. The van der Waals surface area contributed by atoms with Crippen LogP contribution in [0.25, 0.3) is 0 Å². The number of aromatic carboxylic acids is 1. The fourth-order valence-electron chi connectivity index (χ4n) is 2.62. The van der Waals surface area contributed by atoms with Crippen LogP contribution in [0.5, 0.6) is 0 Å². The monoisotopic (exact) mass is 316 g/mol. The second-order valence-electron chi connectivity index (χ2n) is 5.08. The molecular weight excluding hydrogens is 304 g/mol. The molecule has 0 saturated heterocycles. The summed E-state index contributed by atoms with van der Waals surface area (Å²) in [4.78, 5) is 29.7. The first-order valence-electron chi connectivity index (χ1n) is 6.81. The summed E-state index contributed by atoms with van der Waals surface area (Å²) in [6.45, 7) is 0.755. The standard InChI is InChI=1S/C16H13ClN2O3/c17-11-3-1-2-10(8-11)15(20)19-7-5-14-13(9-19)12(16(21)22)4-6-18-14/h1-4,6,8H,5,7,9H2,(H,21,22). The second-order valence-corrected chi connectivity index (χ2v) is 5.51. The van der Waals surface area contributed by atoms with Crippen molar-refractivity contribution in [3.63, 3.8) is 0 Å². The van der Waals surface area contributed by atoms with Crippen LogP contribution < -0.4 is 0 Å². The van der Waals surface area contributed by atoms with Gasteiger partial charge in [0, 0.05) is 47.6 Å². The lowest BCUT2D eigenvalue weighted by atomic mass is 9.99. The van der Waals surface area contributed by atoms with Gasteiger partial charge in [-0.2, -0.15) is 0 Å². The SMILES string of the molecule is O=C(O)c1ccnc2c1CN(C(=O)c1cccc(Cl)c1)CC2. The Kier molecular flexibility index (Phi) is 3.81. The summed E-state index contributed by atoms with van der Waals surface area (Å²) in [5.41, 5.74) is 2.05. The Morgan fingerprint density at radius 1 is 1.27 bits per heavy atom. The summed E-state index contributed by atoms with van der Waals surface area (Å²) in [6, 6.07) is 8.20. The number of benzene rings is 1. The van der Waals surface area contributed by atoms with E-state index in [1.807, 2.05) is 0 Å². The molecule has 112 valence electrons. The molecule has 1 aromatic carbocycles. The Hall–Kier alpha value is -2.40. The number of hydrogen-bond donors (Lipinski definition) is 1. The summed E-state index contributed by atoms with van der Waals surface area (Å²) < 4.78 is 0. The van der Waals surface area contributed by atoms with Crippen LogP contribution in [0.1, 0.15) is 32.0 Å². The van der Waals surface area contributed by atoms with Gasteiger partial charge in [0.05, 0.1) is 5.56 Å². The van der Waals surface area contributed by atoms with Crippen LogP contribution in [-0.4, -0.2) is 33.4 Å². The zero-order valence-corrected chi connectivity index (χ0v) is 12.4. The number of carboxylic acids is 1. The average molecular weight is 317 g/mol. The quantitative estimate of drug-likeness (QED) is 0.924. The molecule has 1 amide bonds. The van der Waals surface area contributed by atoms with Crippen molar-refractivity contribution in [2.75, 3.05) is 6.54 Å². The third-order valence-corrected chi connectivity index (χ3v) is 3.94. The van der Waals surface area contributed by atoms with E-state index in [0.29, 0.717) is 29.1 Å². The maximum absolute atomic E-state index is 12.5. The minimum Gasteiger partial charge on any atom is -0.478 e. The highest BCUT2D eigenvalue weighted by Crippen LogP contribution is 2.23. The van der Waals surface area contributed by atoms with Crippen LogP contribution in [0.2, 0.25) is 5.02 Å². The molecule has 0 spiro atoms. The number of halogens is 1. The Morgan fingerprint density at radius 3 is 2.82 bits per heavy atom. The van der Waals surface area contributed by atoms with Gasteiger partial charge in [-0.3, -0.25) is 9.78 Å². The number of aromatic nitrogens is 1. The van der Waals surface area contributed by atoms with Crippen LogP contribution in [-0.2, 0) is 13.0 Å². The van der Waals surface area contributed by atoms with Crippen molar-refractivity contribution in [2.45, 2.75) is 13.0 Å². The van der Waals surface area contributed by atoms with Crippen molar-refractivity contribution in [1.29, 1.82) is 0 Å². The van der Waals surface area contributed by atoms with Crippen LogP contribution in [0.4, 0.5) is 0 Å². The molecule has 0 unspecified atom stereocenters. The molecule has 0 aliphatic carbocycles. The Bertz CT molecular complexity index is 761. The molecule has 5 nitrogen and oxygen atoms in total. The number of amides is 1. The van der Waals surface area contributed by atoms with Gasteiger partial charge in [0.15, 0.2) is 0 Å². The molecule has 3 rings (SSSR count). The molecule has 2 heterocycles. The molecule has 0 bridgehead atoms. The summed E-state index contributed by atoms with van der Waals surface area (Å²) >= 11 is 5.92. The first-order chi connectivity index (χ1) is 10.6. The largest absolute Gasteiger partial charge is 0.478 e. The topological polar surface area (TPSA) is 70.5 Å². The number of fused-ring (bicyclic) bond motifs is 1. The van der Waals surface area contributed by atoms with Gasteiger partial charge in [-0.1, -0.05) is 17.7 Å². The normalized spacial score (nSPS) is 13.6. The van der Waals surface area contributed by atoms with Crippen LogP contribution >= 0.6 is 11.6 Å². The van der Waals surface area contributed by atoms with Crippen molar-refractivity contribution in [1.82, 2.24) is 9.88 Å². The Morgan fingerprint density at radius 2 is 2.09 bits per heavy atom. The Balaban J connectivity index is 1.91. The lowest BCUT2D eigenvalue weighted by Crippen LogP contribution is -2.37. The van der Waals surface area contributed by atoms with E-state index in [1.165, 1.54) is 12.3 Å². The van der Waals surface area contributed by atoms with E-state index < -0.39 is 5.97 Å². The van der Waals surface area contributed by atoms with Crippen molar-refractivity contribution in [2.24, 2.45) is 0 Å². The highest BCUT2D eigenvalue weighted by atomic mass is 35.5. The van der Waals surface area contributed by atoms with Crippen molar-refractivity contribution in [3.8, 4) is 0 Å². The molecule has 0 atom stereocenters. The van der Waals surface area contributed by atoms with Gasteiger partial charge in [0.25, 0.3) is 5.91 Å². The molecule has 1 aliphatic rings. The predicted molar refractivity (Wildman–Crippen MR) is 81.1 cm³/mol. The number of carbonyl (C=O) groups excluding carboxylic acids is 1. The minimum atomic E-state index is -1.00. The second kappa shape index (κ2) is 5.77. The third-order valence-electron chi connectivity index (χ3n) is 3.70. The van der Waals surface area contributed by atoms with Crippen molar-refractivity contribution < 1.29 is 14.7 Å². The van der Waals surface area contributed by atoms with Crippen LogP contribution in [0, 0.1) is 0 Å². The van der Waals surface area contributed by atoms with Gasteiger partial charge in [-0.05, 0) is 24.3 Å². The first-order valence-corrected chi connectivity index (χ1v) is 7.19. The van der Waals surface area contributed by atoms with E-state index in [9.17, 15) is 14.7 Å². The highest BCUT2D eigenvalue weighted by molar-refractivity contribution is 6.30. The average Bonchev–Trinajstić information content (AvgIpc) is 2.53.